The van der Waals surface area contributed by atoms with Gasteiger partial charge in [0.2, 0.25) is 11.8 Å². The van der Waals surface area contributed by atoms with Crippen LogP contribution in [0.5, 0.6) is 0 Å². The van der Waals surface area contributed by atoms with Crippen molar-refractivity contribution in [1.82, 2.24) is 0 Å². The van der Waals surface area contributed by atoms with Gasteiger partial charge in [-0.1, -0.05) is 29.8 Å². The van der Waals surface area contributed by atoms with E-state index in [1.165, 1.54) is 6.08 Å². The molecule has 1 aliphatic heterocycles. The number of nitrogens with zero attached hydrogens (tertiary/aromatic N) is 1. The maximum atomic E-state index is 12.1. The molecule has 1 fully saturated rings. The molecule has 1 N–H and O–H groups in total. The Labute approximate surface area is 158 Å². The van der Waals surface area contributed by atoms with Crippen LogP contribution in [-0.4, -0.2) is 18.4 Å². The molecule has 2 aromatic rings. The third-order valence-electron chi connectivity index (χ3n) is 4.40. The Balaban J connectivity index is 1.68. The summed E-state index contributed by atoms with van der Waals surface area (Å²) in [4.78, 5) is 26.1. The Morgan fingerprint density at radius 2 is 2.00 bits per heavy atom. The molecule has 0 aromatic heterocycles. The second kappa shape index (κ2) is 8.19. The Bertz CT molecular complexity index is 861. The van der Waals surface area contributed by atoms with Gasteiger partial charge in [0.25, 0.3) is 0 Å². The summed E-state index contributed by atoms with van der Waals surface area (Å²) in [5, 5.41) is 3.44. The molecule has 0 atom stereocenters. The van der Waals surface area contributed by atoms with Crippen LogP contribution in [0.1, 0.15) is 30.4 Å². The van der Waals surface area contributed by atoms with Crippen LogP contribution in [0, 0.1) is 6.92 Å². The Hall–Kier alpha value is -2.59. The summed E-state index contributed by atoms with van der Waals surface area (Å²) in [6.07, 6.45) is 5.73. The Morgan fingerprint density at radius 3 is 2.73 bits per heavy atom. The van der Waals surface area contributed by atoms with Gasteiger partial charge in [0.1, 0.15) is 0 Å². The van der Waals surface area contributed by atoms with Crippen LogP contribution < -0.4 is 10.2 Å². The molecular weight excluding hydrogens is 348 g/mol. The van der Waals surface area contributed by atoms with E-state index in [1.54, 1.807) is 12.1 Å². The first-order chi connectivity index (χ1) is 12.5. The molecule has 0 unspecified atom stereocenters. The van der Waals surface area contributed by atoms with Gasteiger partial charge in [-0.3, -0.25) is 9.59 Å². The molecular formula is C21H21ClN2O2. The van der Waals surface area contributed by atoms with E-state index in [9.17, 15) is 9.59 Å². The number of halogens is 1. The summed E-state index contributed by atoms with van der Waals surface area (Å²) in [6, 6.07) is 12.9. The molecule has 2 aromatic carbocycles. The van der Waals surface area contributed by atoms with E-state index in [2.05, 4.69) is 5.32 Å². The van der Waals surface area contributed by atoms with E-state index in [-0.39, 0.29) is 11.8 Å². The first-order valence-electron chi connectivity index (χ1n) is 8.69. The van der Waals surface area contributed by atoms with E-state index in [0.717, 1.165) is 36.2 Å². The second-order valence-electron chi connectivity index (χ2n) is 6.35. The topological polar surface area (TPSA) is 49.4 Å². The number of hydrogen-bond acceptors (Lipinski definition) is 2. The van der Waals surface area contributed by atoms with E-state index >= 15 is 0 Å². The predicted molar refractivity (Wildman–Crippen MR) is 106 cm³/mol. The van der Waals surface area contributed by atoms with Crippen molar-refractivity contribution in [2.45, 2.75) is 26.2 Å². The van der Waals surface area contributed by atoms with Crippen molar-refractivity contribution in [2.75, 3.05) is 16.8 Å². The highest BCUT2D eigenvalue weighted by Crippen LogP contribution is 2.27. The molecule has 0 saturated carbocycles. The first-order valence-corrected chi connectivity index (χ1v) is 9.07. The molecule has 2 amide bonds. The van der Waals surface area contributed by atoms with Crippen molar-refractivity contribution in [3.05, 3.63) is 64.7 Å². The predicted octanol–water partition coefficient (Wildman–Crippen LogP) is 4.82. The van der Waals surface area contributed by atoms with Crippen molar-refractivity contribution in [3.8, 4) is 0 Å². The second-order valence-corrected chi connectivity index (χ2v) is 6.76. The van der Waals surface area contributed by atoms with Crippen LogP contribution in [0.2, 0.25) is 5.02 Å². The maximum absolute atomic E-state index is 12.1. The highest BCUT2D eigenvalue weighted by molar-refractivity contribution is 6.32. The summed E-state index contributed by atoms with van der Waals surface area (Å²) in [6.45, 7) is 2.71. The summed E-state index contributed by atoms with van der Waals surface area (Å²) in [5.41, 5.74) is 3.37. The summed E-state index contributed by atoms with van der Waals surface area (Å²) in [7, 11) is 0. The quantitative estimate of drug-likeness (QED) is 0.787. The van der Waals surface area contributed by atoms with E-state index in [0.29, 0.717) is 17.1 Å². The van der Waals surface area contributed by atoms with Gasteiger partial charge in [0.05, 0.1) is 0 Å². The van der Waals surface area contributed by atoms with Gasteiger partial charge in [-0.15, -0.1) is 0 Å². The molecule has 1 saturated heterocycles. The number of carbonyl (C=O) groups is 2. The summed E-state index contributed by atoms with van der Waals surface area (Å²) < 4.78 is 0. The lowest BCUT2D eigenvalue weighted by Gasteiger charge is -2.28. The van der Waals surface area contributed by atoms with Crippen LogP contribution in [0.3, 0.4) is 0 Å². The first kappa shape index (κ1) is 18.2. The number of piperidine rings is 1. The fourth-order valence-corrected chi connectivity index (χ4v) is 3.26. The van der Waals surface area contributed by atoms with E-state index < -0.39 is 0 Å². The Kier molecular flexibility index (Phi) is 5.74. The number of aryl methyl sites for hydroxylation is 1. The lowest BCUT2D eigenvalue weighted by molar-refractivity contribution is -0.119. The molecule has 1 heterocycles. The van der Waals surface area contributed by atoms with Crippen molar-refractivity contribution < 1.29 is 9.59 Å². The number of amides is 2. The lowest BCUT2D eigenvalue weighted by atomic mass is 10.1. The average molecular weight is 369 g/mol. The van der Waals surface area contributed by atoms with Gasteiger partial charge < -0.3 is 10.2 Å². The molecule has 3 rings (SSSR count). The molecule has 4 nitrogen and oxygen atoms in total. The molecule has 0 aliphatic carbocycles. The van der Waals surface area contributed by atoms with Gasteiger partial charge in [-0.2, -0.15) is 0 Å². The van der Waals surface area contributed by atoms with E-state index in [4.69, 9.17) is 11.6 Å². The zero-order chi connectivity index (χ0) is 18.5. The summed E-state index contributed by atoms with van der Waals surface area (Å²) >= 11 is 6.08. The van der Waals surface area contributed by atoms with Crippen molar-refractivity contribution >= 4 is 40.9 Å². The molecule has 26 heavy (non-hydrogen) atoms. The molecule has 0 spiro atoms. The van der Waals surface area contributed by atoms with Crippen molar-refractivity contribution in [2.24, 2.45) is 0 Å². The molecule has 0 radical (unpaired) electrons. The van der Waals surface area contributed by atoms with Crippen LogP contribution in [-0.2, 0) is 9.59 Å². The van der Waals surface area contributed by atoms with Gasteiger partial charge in [0.15, 0.2) is 0 Å². The third-order valence-corrected chi connectivity index (χ3v) is 4.74. The minimum absolute atomic E-state index is 0.166. The zero-order valence-corrected chi connectivity index (χ0v) is 15.4. The monoisotopic (exact) mass is 368 g/mol. The van der Waals surface area contributed by atoms with Crippen molar-refractivity contribution in [3.63, 3.8) is 0 Å². The van der Waals surface area contributed by atoms with Crippen molar-refractivity contribution in [1.29, 1.82) is 0 Å². The van der Waals surface area contributed by atoms with Gasteiger partial charge in [-0.05, 0) is 61.2 Å². The number of nitrogens with one attached hydrogen (secondary N) is 1. The number of rotatable bonds is 4. The average Bonchev–Trinajstić information content (AvgIpc) is 2.62. The fourth-order valence-electron chi connectivity index (χ4n) is 3.06. The number of anilines is 2. The van der Waals surface area contributed by atoms with Crippen LogP contribution in [0.4, 0.5) is 11.4 Å². The number of hydrogen-bond donors (Lipinski definition) is 1. The van der Waals surface area contributed by atoms with E-state index in [1.807, 2.05) is 48.2 Å². The van der Waals surface area contributed by atoms with Gasteiger partial charge in [0, 0.05) is 35.4 Å². The van der Waals surface area contributed by atoms with Crippen LogP contribution >= 0.6 is 11.6 Å². The number of benzene rings is 2. The highest BCUT2D eigenvalue weighted by atomic mass is 35.5. The van der Waals surface area contributed by atoms with Crippen LogP contribution in [0.25, 0.3) is 6.08 Å². The van der Waals surface area contributed by atoms with Crippen LogP contribution in [0.15, 0.2) is 48.5 Å². The minimum Gasteiger partial charge on any atom is -0.323 e. The molecule has 134 valence electrons. The molecule has 0 bridgehead atoms. The SMILES string of the molecule is Cc1cc(NC(=O)/C=C/c2ccccc2Cl)ccc1N1CCCCC1=O. The molecule has 5 heteroatoms. The summed E-state index contributed by atoms with van der Waals surface area (Å²) in [5.74, 6) is -0.0649. The standard InChI is InChI=1S/C21H21ClN2O2/c1-15-14-17(10-11-19(15)24-13-5-4-8-21(24)26)23-20(25)12-9-16-6-2-3-7-18(16)22/h2-3,6-7,9-12,14H,4-5,8,13H2,1H3,(H,23,25)/b12-9+. The smallest absolute Gasteiger partial charge is 0.248 e. The third kappa shape index (κ3) is 4.33. The number of carbonyl (C=O) groups excluding carboxylic acids is 2. The largest absolute Gasteiger partial charge is 0.323 e. The lowest BCUT2D eigenvalue weighted by Crippen LogP contribution is -2.35. The van der Waals surface area contributed by atoms with Gasteiger partial charge >= 0.3 is 0 Å². The minimum atomic E-state index is -0.230. The molecule has 1 aliphatic rings. The Morgan fingerprint density at radius 1 is 1.19 bits per heavy atom. The zero-order valence-electron chi connectivity index (χ0n) is 14.7. The maximum Gasteiger partial charge on any atom is 0.248 e. The normalized spacial score (nSPS) is 14.7. The fraction of sp³-hybridized carbons (Fsp3) is 0.238. The van der Waals surface area contributed by atoms with Gasteiger partial charge in [-0.25, -0.2) is 0 Å². The highest BCUT2D eigenvalue weighted by Gasteiger charge is 2.20.